The van der Waals surface area contributed by atoms with Crippen molar-refractivity contribution in [2.45, 2.75) is 12.8 Å². The predicted molar refractivity (Wildman–Crippen MR) is 56.3 cm³/mol. The standard InChI is InChI=1S/C12H13N/c1-10-7-8-13-9-12(10)11-5-3-2-4-6-11/h2-8,12H,9H2,1H3. The van der Waals surface area contributed by atoms with Gasteiger partial charge in [-0.3, -0.25) is 4.99 Å². The van der Waals surface area contributed by atoms with E-state index in [-0.39, 0.29) is 0 Å². The van der Waals surface area contributed by atoms with Crippen molar-refractivity contribution in [1.82, 2.24) is 0 Å². The van der Waals surface area contributed by atoms with Crippen molar-refractivity contribution >= 4 is 6.21 Å². The van der Waals surface area contributed by atoms with Crippen LogP contribution in [0.3, 0.4) is 0 Å². The summed E-state index contributed by atoms with van der Waals surface area (Å²) in [6.07, 6.45) is 4.00. The second-order valence-corrected chi connectivity index (χ2v) is 3.39. The number of allylic oxidation sites excluding steroid dienone is 1. The molecule has 0 saturated carbocycles. The first-order valence-corrected chi connectivity index (χ1v) is 4.59. The summed E-state index contributed by atoms with van der Waals surface area (Å²) in [5.41, 5.74) is 2.77. The lowest BCUT2D eigenvalue weighted by Gasteiger charge is -2.18. The van der Waals surface area contributed by atoms with Gasteiger partial charge in [-0.25, -0.2) is 0 Å². The Morgan fingerprint density at radius 1 is 1.23 bits per heavy atom. The fourth-order valence-corrected chi connectivity index (χ4v) is 1.65. The summed E-state index contributed by atoms with van der Waals surface area (Å²) in [6.45, 7) is 3.06. The van der Waals surface area contributed by atoms with Gasteiger partial charge in [0.1, 0.15) is 0 Å². The molecular formula is C12H13N. The zero-order valence-corrected chi connectivity index (χ0v) is 7.77. The Hall–Kier alpha value is -1.37. The maximum Gasteiger partial charge on any atom is 0.0495 e. The third kappa shape index (κ3) is 1.69. The molecule has 0 fully saturated rings. The van der Waals surface area contributed by atoms with E-state index >= 15 is 0 Å². The Labute approximate surface area is 78.8 Å². The Kier molecular flexibility index (Phi) is 2.26. The van der Waals surface area contributed by atoms with Gasteiger partial charge in [-0.1, -0.05) is 35.9 Å². The molecule has 0 aliphatic carbocycles. The summed E-state index contributed by atoms with van der Waals surface area (Å²) in [4.78, 5) is 4.28. The van der Waals surface area contributed by atoms with E-state index in [1.54, 1.807) is 0 Å². The molecule has 0 aromatic heterocycles. The minimum absolute atomic E-state index is 0.492. The van der Waals surface area contributed by atoms with Gasteiger partial charge >= 0.3 is 0 Å². The molecule has 1 aliphatic heterocycles. The number of aliphatic imine (C=N–C) groups is 1. The van der Waals surface area contributed by atoms with E-state index < -0.39 is 0 Å². The molecule has 1 unspecified atom stereocenters. The van der Waals surface area contributed by atoms with Crippen LogP contribution in [0, 0.1) is 0 Å². The molecule has 1 aromatic carbocycles. The van der Waals surface area contributed by atoms with Crippen LogP contribution in [0.15, 0.2) is 47.0 Å². The van der Waals surface area contributed by atoms with Crippen LogP contribution in [-0.2, 0) is 0 Å². The summed E-state index contributed by atoms with van der Waals surface area (Å²) in [5, 5.41) is 0. The smallest absolute Gasteiger partial charge is 0.0495 e. The van der Waals surface area contributed by atoms with Crippen molar-refractivity contribution in [2.24, 2.45) is 4.99 Å². The average Bonchev–Trinajstić information content (AvgIpc) is 2.20. The molecule has 0 N–H and O–H groups in total. The summed E-state index contributed by atoms with van der Waals surface area (Å²) < 4.78 is 0. The van der Waals surface area contributed by atoms with Crippen molar-refractivity contribution < 1.29 is 0 Å². The highest BCUT2D eigenvalue weighted by Crippen LogP contribution is 2.25. The van der Waals surface area contributed by atoms with Crippen LogP contribution in [0.25, 0.3) is 0 Å². The van der Waals surface area contributed by atoms with Crippen molar-refractivity contribution in [1.29, 1.82) is 0 Å². The molecular weight excluding hydrogens is 158 g/mol. The number of rotatable bonds is 1. The molecule has 1 aromatic rings. The fraction of sp³-hybridized carbons (Fsp3) is 0.250. The SMILES string of the molecule is CC1=CC=NCC1c1ccccc1. The lowest BCUT2D eigenvalue weighted by atomic mass is 9.91. The minimum Gasteiger partial charge on any atom is -0.292 e. The summed E-state index contributed by atoms with van der Waals surface area (Å²) in [5.74, 6) is 0.492. The first kappa shape index (κ1) is 8.24. The highest BCUT2D eigenvalue weighted by atomic mass is 14.7. The zero-order chi connectivity index (χ0) is 9.10. The zero-order valence-electron chi connectivity index (χ0n) is 7.77. The van der Waals surface area contributed by atoms with E-state index in [2.05, 4.69) is 48.3 Å². The lowest BCUT2D eigenvalue weighted by molar-refractivity contribution is 0.795. The topological polar surface area (TPSA) is 12.4 Å². The van der Waals surface area contributed by atoms with Crippen molar-refractivity contribution in [3.8, 4) is 0 Å². The number of dihydropyridines is 1. The van der Waals surface area contributed by atoms with E-state index in [1.165, 1.54) is 11.1 Å². The number of nitrogens with zero attached hydrogens (tertiary/aromatic N) is 1. The molecule has 1 heteroatoms. The first-order valence-electron chi connectivity index (χ1n) is 4.59. The van der Waals surface area contributed by atoms with Gasteiger partial charge in [0.25, 0.3) is 0 Å². The Balaban J connectivity index is 2.28. The fourth-order valence-electron chi connectivity index (χ4n) is 1.65. The van der Waals surface area contributed by atoms with Gasteiger partial charge in [0, 0.05) is 18.7 Å². The van der Waals surface area contributed by atoms with Crippen molar-refractivity contribution in [2.75, 3.05) is 6.54 Å². The highest BCUT2D eigenvalue weighted by Gasteiger charge is 2.13. The van der Waals surface area contributed by atoms with Crippen LogP contribution < -0.4 is 0 Å². The molecule has 1 atom stereocenters. The lowest BCUT2D eigenvalue weighted by Crippen LogP contribution is -2.07. The van der Waals surface area contributed by atoms with Crippen LogP contribution in [-0.4, -0.2) is 12.8 Å². The van der Waals surface area contributed by atoms with E-state index in [1.807, 2.05) is 6.21 Å². The number of benzene rings is 1. The summed E-state index contributed by atoms with van der Waals surface area (Å²) in [6, 6.07) is 10.6. The second kappa shape index (κ2) is 3.56. The molecule has 0 bridgehead atoms. The monoisotopic (exact) mass is 171 g/mol. The van der Waals surface area contributed by atoms with E-state index in [0.717, 1.165) is 6.54 Å². The third-order valence-corrected chi connectivity index (χ3v) is 2.48. The van der Waals surface area contributed by atoms with E-state index in [9.17, 15) is 0 Å². The molecule has 0 amide bonds. The largest absolute Gasteiger partial charge is 0.292 e. The molecule has 1 heterocycles. The maximum atomic E-state index is 4.28. The molecule has 0 radical (unpaired) electrons. The Morgan fingerprint density at radius 2 is 2.00 bits per heavy atom. The van der Waals surface area contributed by atoms with Crippen LogP contribution >= 0.6 is 0 Å². The van der Waals surface area contributed by atoms with Crippen LogP contribution in [0.2, 0.25) is 0 Å². The normalized spacial score (nSPS) is 21.3. The van der Waals surface area contributed by atoms with Gasteiger partial charge in [0.05, 0.1) is 0 Å². The van der Waals surface area contributed by atoms with Crippen molar-refractivity contribution in [3.05, 3.63) is 47.5 Å². The third-order valence-electron chi connectivity index (χ3n) is 2.48. The molecule has 66 valence electrons. The Bertz CT molecular complexity index is 335. The van der Waals surface area contributed by atoms with Gasteiger partial charge in [-0.15, -0.1) is 0 Å². The maximum absolute atomic E-state index is 4.28. The second-order valence-electron chi connectivity index (χ2n) is 3.39. The van der Waals surface area contributed by atoms with Crippen LogP contribution in [0.5, 0.6) is 0 Å². The summed E-state index contributed by atoms with van der Waals surface area (Å²) >= 11 is 0. The highest BCUT2D eigenvalue weighted by molar-refractivity contribution is 5.74. The van der Waals surface area contributed by atoms with Gasteiger partial charge in [0.2, 0.25) is 0 Å². The van der Waals surface area contributed by atoms with Gasteiger partial charge in [0.15, 0.2) is 0 Å². The number of hydrogen-bond acceptors (Lipinski definition) is 1. The van der Waals surface area contributed by atoms with Crippen molar-refractivity contribution in [3.63, 3.8) is 0 Å². The quantitative estimate of drug-likeness (QED) is 0.616. The number of hydrogen-bond donors (Lipinski definition) is 0. The molecule has 2 rings (SSSR count). The molecule has 1 aliphatic rings. The molecule has 13 heavy (non-hydrogen) atoms. The molecule has 1 nitrogen and oxygen atoms in total. The van der Waals surface area contributed by atoms with Gasteiger partial charge in [-0.05, 0) is 18.6 Å². The predicted octanol–water partition coefficient (Wildman–Crippen LogP) is 2.80. The van der Waals surface area contributed by atoms with E-state index in [4.69, 9.17) is 0 Å². The van der Waals surface area contributed by atoms with Crippen LogP contribution in [0.4, 0.5) is 0 Å². The first-order chi connectivity index (χ1) is 6.38. The molecule has 0 saturated heterocycles. The van der Waals surface area contributed by atoms with E-state index in [0.29, 0.717) is 5.92 Å². The minimum atomic E-state index is 0.492. The summed E-state index contributed by atoms with van der Waals surface area (Å²) in [7, 11) is 0. The van der Waals surface area contributed by atoms with Gasteiger partial charge < -0.3 is 0 Å². The van der Waals surface area contributed by atoms with Gasteiger partial charge in [-0.2, -0.15) is 0 Å². The Morgan fingerprint density at radius 3 is 2.69 bits per heavy atom. The average molecular weight is 171 g/mol. The van der Waals surface area contributed by atoms with Crippen LogP contribution in [0.1, 0.15) is 18.4 Å². The molecule has 0 spiro atoms.